The fourth-order valence-electron chi connectivity index (χ4n) is 1.85. The zero-order chi connectivity index (χ0) is 10.3. The van der Waals surface area contributed by atoms with E-state index in [1.165, 1.54) is 16.5 Å². The monoisotopic (exact) mass is 186 g/mol. The highest BCUT2D eigenvalue weighted by atomic mass is 14.9. The van der Waals surface area contributed by atoms with Gasteiger partial charge in [-0.15, -0.1) is 0 Å². The first-order chi connectivity index (χ1) is 6.59. The molecule has 2 heteroatoms. The number of hydrogen-bond donors (Lipinski definition) is 0. The molecule has 0 fully saturated rings. The summed E-state index contributed by atoms with van der Waals surface area (Å²) in [5.74, 6) is 0.846. The zero-order valence-electron chi connectivity index (χ0n) is 9.05. The average molecular weight is 186 g/mol. The minimum absolute atomic E-state index is 0.846. The van der Waals surface area contributed by atoms with Crippen LogP contribution in [0.15, 0.2) is 12.1 Å². The molecule has 14 heavy (non-hydrogen) atoms. The average Bonchev–Trinajstić information content (AvgIpc) is 2.10. The normalized spacial score (nSPS) is 10.9. The van der Waals surface area contributed by atoms with E-state index in [1.54, 1.807) is 0 Å². The lowest BCUT2D eigenvalue weighted by atomic mass is 10.0. The Labute approximate surface area is 84.0 Å². The molecule has 0 N–H and O–H groups in total. The number of rotatable bonds is 0. The van der Waals surface area contributed by atoms with Crippen LogP contribution in [0.1, 0.15) is 22.6 Å². The molecule has 0 aliphatic heterocycles. The SMILES string of the molecule is Cc1nc(C)c2c(C)c(C)ccc2n1. The second-order valence-corrected chi connectivity index (χ2v) is 3.76. The summed E-state index contributed by atoms with van der Waals surface area (Å²) in [6.45, 7) is 8.22. The maximum Gasteiger partial charge on any atom is 0.126 e. The van der Waals surface area contributed by atoms with Gasteiger partial charge >= 0.3 is 0 Å². The lowest BCUT2D eigenvalue weighted by Gasteiger charge is -2.08. The Balaban J connectivity index is 2.95. The van der Waals surface area contributed by atoms with Gasteiger partial charge in [-0.2, -0.15) is 0 Å². The van der Waals surface area contributed by atoms with Crippen LogP contribution in [-0.4, -0.2) is 9.97 Å². The molecule has 0 atom stereocenters. The van der Waals surface area contributed by atoms with Gasteiger partial charge in [0.05, 0.1) is 5.52 Å². The molecule has 0 spiro atoms. The first-order valence-corrected chi connectivity index (χ1v) is 4.81. The first-order valence-electron chi connectivity index (χ1n) is 4.81. The van der Waals surface area contributed by atoms with Crippen LogP contribution < -0.4 is 0 Å². The molecule has 72 valence electrons. The number of fused-ring (bicyclic) bond motifs is 1. The maximum atomic E-state index is 4.43. The van der Waals surface area contributed by atoms with Crippen molar-refractivity contribution in [3.05, 3.63) is 34.8 Å². The highest BCUT2D eigenvalue weighted by molar-refractivity contribution is 5.85. The molecule has 0 bridgehead atoms. The minimum Gasteiger partial charge on any atom is -0.238 e. The Morgan fingerprint density at radius 3 is 2.36 bits per heavy atom. The van der Waals surface area contributed by atoms with Crippen molar-refractivity contribution in [2.24, 2.45) is 0 Å². The van der Waals surface area contributed by atoms with E-state index >= 15 is 0 Å². The van der Waals surface area contributed by atoms with Crippen molar-refractivity contribution < 1.29 is 0 Å². The number of hydrogen-bond acceptors (Lipinski definition) is 2. The maximum absolute atomic E-state index is 4.43. The summed E-state index contributed by atoms with van der Waals surface area (Å²) in [6.07, 6.45) is 0. The summed E-state index contributed by atoms with van der Waals surface area (Å²) in [6, 6.07) is 4.18. The lowest BCUT2D eigenvalue weighted by molar-refractivity contribution is 1.05. The van der Waals surface area contributed by atoms with Gasteiger partial charge < -0.3 is 0 Å². The van der Waals surface area contributed by atoms with Crippen LogP contribution >= 0.6 is 0 Å². The number of benzene rings is 1. The van der Waals surface area contributed by atoms with Crippen LogP contribution in [0.2, 0.25) is 0 Å². The largest absolute Gasteiger partial charge is 0.238 e. The quantitative estimate of drug-likeness (QED) is 0.632. The topological polar surface area (TPSA) is 25.8 Å². The van der Waals surface area contributed by atoms with Gasteiger partial charge in [0, 0.05) is 11.1 Å². The van der Waals surface area contributed by atoms with Gasteiger partial charge in [0.2, 0.25) is 0 Å². The van der Waals surface area contributed by atoms with Crippen LogP contribution in [0.3, 0.4) is 0 Å². The van der Waals surface area contributed by atoms with Gasteiger partial charge in [-0.25, -0.2) is 9.97 Å². The van der Waals surface area contributed by atoms with Gasteiger partial charge in [-0.3, -0.25) is 0 Å². The molecule has 0 unspecified atom stereocenters. The van der Waals surface area contributed by atoms with Crippen molar-refractivity contribution in [1.29, 1.82) is 0 Å². The van der Waals surface area contributed by atoms with E-state index in [-0.39, 0.29) is 0 Å². The molecule has 2 aromatic rings. The second kappa shape index (κ2) is 3.05. The van der Waals surface area contributed by atoms with E-state index in [9.17, 15) is 0 Å². The Hall–Kier alpha value is -1.44. The molecule has 0 amide bonds. The molecule has 1 aromatic carbocycles. The van der Waals surface area contributed by atoms with Crippen molar-refractivity contribution in [2.45, 2.75) is 27.7 Å². The third-order valence-corrected chi connectivity index (χ3v) is 2.69. The smallest absolute Gasteiger partial charge is 0.126 e. The highest BCUT2D eigenvalue weighted by Crippen LogP contribution is 2.22. The van der Waals surface area contributed by atoms with Crippen LogP contribution in [0.5, 0.6) is 0 Å². The fraction of sp³-hybridized carbons (Fsp3) is 0.333. The number of aryl methyl sites for hydroxylation is 4. The van der Waals surface area contributed by atoms with Crippen LogP contribution in [0, 0.1) is 27.7 Å². The van der Waals surface area contributed by atoms with E-state index in [2.05, 4.69) is 35.9 Å². The summed E-state index contributed by atoms with van der Waals surface area (Å²) in [7, 11) is 0. The Kier molecular flexibility index (Phi) is 1.99. The molecule has 0 radical (unpaired) electrons. The Bertz CT molecular complexity index is 501. The Morgan fingerprint density at radius 2 is 1.64 bits per heavy atom. The molecule has 2 nitrogen and oxygen atoms in total. The highest BCUT2D eigenvalue weighted by Gasteiger charge is 2.05. The predicted octanol–water partition coefficient (Wildman–Crippen LogP) is 2.86. The molecular weight excluding hydrogens is 172 g/mol. The molecule has 0 saturated carbocycles. The molecule has 1 heterocycles. The van der Waals surface area contributed by atoms with Gasteiger partial charge in [0.15, 0.2) is 0 Å². The van der Waals surface area contributed by atoms with Crippen molar-refractivity contribution in [2.75, 3.05) is 0 Å². The zero-order valence-corrected chi connectivity index (χ0v) is 9.05. The molecular formula is C12H14N2. The van der Waals surface area contributed by atoms with Crippen LogP contribution in [0.4, 0.5) is 0 Å². The number of nitrogens with zero attached hydrogens (tertiary/aromatic N) is 2. The lowest BCUT2D eigenvalue weighted by Crippen LogP contribution is -1.96. The fourth-order valence-corrected chi connectivity index (χ4v) is 1.85. The number of aromatic nitrogens is 2. The van der Waals surface area contributed by atoms with Crippen LogP contribution in [-0.2, 0) is 0 Å². The first kappa shape index (κ1) is 9.13. The summed E-state index contributed by atoms with van der Waals surface area (Å²) in [5.41, 5.74) is 4.72. The van der Waals surface area contributed by atoms with Crippen molar-refractivity contribution in [3.63, 3.8) is 0 Å². The summed E-state index contributed by atoms with van der Waals surface area (Å²) >= 11 is 0. The third-order valence-electron chi connectivity index (χ3n) is 2.69. The molecule has 1 aromatic heterocycles. The van der Waals surface area contributed by atoms with Gasteiger partial charge in [0.1, 0.15) is 5.82 Å². The molecule has 0 aliphatic carbocycles. The Morgan fingerprint density at radius 1 is 0.929 bits per heavy atom. The van der Waals surface area contributed by atoms with E-state index in [0.717, 1.165) is 17.0 Å². The van der Waals surface area contributed by atoms with Crippen molar-refractivity contribution >= 4 is 10.9 Å². The van der Waals surface area contributed by atoms with E-state index in [4.69, 9.17) is 0 Å². The summed E-state index contributed by atoms with van der Waals surface area (Å²) in [5, 5.41) is 1.20. The van der Waals surface area contributed by atoms with Crippen molar-refractivity contribution in [3.8, 4) is 0 Å². The standard InChI is InChI=1S/C12H14N2/c1-7-5-6-11-12(8(7)2)9(3)13-10(4)14-11/h5-6H,1-4H3. The molecule has 0 aliphatic rings. The summed E-state index contributed by atoms with van der Waals surface area (Å²) in [4.78, 5) is 8.82. The third kappa shape index (κ3) is 1.27. The predicted molar refractivity (Wildman–Crippen MR) is 58.5 cm³/mol. The molecule has 0 saturated heterocycles. The van der Waals surface area contributed by atoms with Crippen molar-refractivity contribution in [1.82, 2.24) is 9.97 Å². The van der Waals surface area contributed by atoms with Crippen LogP contribution in [0.25, 0.3) is 10.9 Å². The van der Waals surface area contributed by atoms with E-state index in [0.29, 0.717) is 0 Å². The minimum atomic E-state index is 0.846. The second-order valence-electron chi connectivity index (χ2n) is 3.76. The van der Waals surface area contributed by atoms with Gasteiger partial charge in [-0.1, -0.05) is 6.07 Å². The van der Waals surface area contributed by atoms with Gasteiger partial charge in [-0.05, 0) is 44.9 Å². The molecule has 2 rings (SSSR count). The van der Waals surface area contributed by atoms with Gasteiger partial charge in [0.25, 0.3) is 0 Å². The van der Waals surface area contributed by atoms with E-state index in [1.807, 2.05) is 13.8 Å². The summed E-state index contributed by atoms with van der Waals surface area (Å²) < 4.78 is 0. The van der Waals surface area contributed by atoms with E-state index < -0.39 is 0 Å².